The van der Waals surface area contributed by atoms with Gasteiger partial charge in [-0.05, 0) is 36.2 Å². The van der Waals surface area contributed by atoms with Crippen molar-refractivity contribution in [2.75, 3.05) is 26.3 Å². The van der Waals surface area contributed by atoms with Crippen LogP contribution in [0.2, 0.25) is 0 Å². The molecular formula is C22H27NO3. The zero-order valence-corrected chi connectivity index (χ0v) is 15.4. The molecule has 138 valence electrons. The van der Waals surface area contributed by atoms with Crippen LogP contribution in [0, 0.1) is 0 Å². The highest BCUT2D eigenvalue weighted by Gasteiger charge is 2.50. The summed E-state index contributed by atoms with van der Waals surface area (Å²) in [5, 5.41) is 0. The maximum atomic E-state index is 6.25. The van der Waals surface area contributed by atoms with Gasteiger partial charge in [0.2, 0.25) is 5.79 Å². The lowest BCUT2D eigenvalue weighted by Crippen LogP contribution is -2.63. The van der Waals surface area contributed by atoms with Crippen molar-refractivity contribution in [3.05, 3.63) is 65.7 Å². The summed E-state index contributed by atoms with van der Waals surface area (Å²) in [5.41, 5.74) is 2.26. The summed E-state index contributed by atoms with van der Waals surface area (Å²) in [6, 6.07) is 18.7. The van der Waals surface area contributed by atoms with E-state index in [0.29, 0.717) is 19.8 Å². The number of hydrogen-bond donors (Lipinski definition) is 0. The highest BCUT2D eigenvalue weighted by atomic mass is 16.7. The number of ether oxygens (including phenoxy) is 3. The molecule has 0 N–H and O–H groups in total. The minimum Gasteiger partial charge on any atom is -0.489 e. The van der Waals surface area contributed by atoms with Crippen molar-refractivity contribution in [1.82, 2.24) is 4.90 Å². The number of benzene rings is 2. The summed E-state index contributed by atoms with van der Waals surface area (Å²) in [4.78, 5) is 2.52. The molecule has 4 rings (SSSR count). The van der Waals surface area contributed by atoms with Crippen molar-refractivity contribution in [2.24, 2.45) is 0 Å². The lowest BCUT2D eigenvalue weighted by molar-refractivity contribution is -0.330. The monoisotopic (exact) mass is 353 g/mol. The van der Waals surface area contributed by atoms with E-state index in [9.17, 15) is 0 Å². The van der Waals surface area contributed by atoms with Crippen LogP contribution in [0.15, 0.2) is 54.6 Å². The molecule has 0 aromatic heterocycles. The second kappa shape index (κ2) is 7.78. The Morgan fingerprint density at radius 3 is 2.35 bits per heavy atom. The van der Waals surface area contributed by atoms with Gasteiger partial charge in [0, 0.05) is 18.7 Å². The summed E-state index contributed by atoms with van der Waals surface area (Å²) in [6.45, 7) is 6.21. The van der Waals surface area contributed by atoms with Gasteiger partial charge in [0.05, 0.1) is 19.3 Å². The lowest BCUT2D eigenvalue weighted by Gasteiger charge is -2.53. The molecule has 2 fully saturated rings. The second-order valence-electron chi connectivity index (χ2n) is 7.00. The quantitative estimate of drug-likeness (QED) is 0.787. The first-order valence-corrected chi connectivity index (χ1v) is 9.61. The van der Waals surface area contributed by atoms with Crippen LogP contribution >= 0.6 is 0 Å². The molecule has 2 aromatic rings. The fourth-order valence-electron chi connectivity index (χ4n) is 4.06. The van der Waals surface area contributed by atoms with E-state index in [4.69, 9.17) is 14.2 Å². The first-order valence-electron chi connectivity index (χ1n) is 9.61. The summed E-state index contributed by atoms with van der Waals surface area (Å²) < 4.78 is 18.4. The van der Waals surface area contributed by atoms with Crippen LogP contribution in [-0.4, -0.2) is 37.2 Å². The number of morpholine rings is 2. The molecule has 2 aliphatic rings. The van der Waals surface area contributed by atoms with Gasteiger partial charge in [0.1, 0.15) is 12.4 Å². The van der Waals surface area contributed by atoms with E-state index >= 15 is 0 Å². The van der Waals surface area contributed by atoms with Crippen LogP contribution in [0.1, 0.15) is 30.9 Å². The Bertz CT molecular complexity index is 691. The van der Waals surface area contributed by atoms with Gasteiger partial charge in [0.25, 0.3) is 0 Å². The summed E-state index contributed by atoms with van der Waals surface area (Å²) >= 11 is 0. The molecule has 2 heterocycles. The maximum Gasteiger partial charge on any atom is 0.211 e. The fraction of sp³-hybridized carbons (Fsp3) is 0.455. The Labute approximate surface area is 155 Å². The van der Waals surface area contributed by atoms with Gasteiger partial charge in [-0.3, -0.25) is 4.90 Å². The van der Waals surface area contributed by atoms with E-state index in [1.54, 1.807) is 0 Å². The van der Waals surface area contributed by atoms with Crippen LogP contribution in [0.4, 0.5) is 0 Å². The zero-order chi connectivity index (χ0) is 17.8. The molecule has 2 saturated heterocycles. The Hall–Kier alpha value is -1.88. The predicted molar refractivity (Wildman–Crippen MR) is 101 cm³/mol. The first-order chi connectivity index (χ1) is 12.8. The minimum atomic E-state index is -0.634. The zero-order valence-electron chi connectivity index (χ0n) is 15.4. The largest absolute Gasteiger partial charge is 0.489 e. The van der Waals surface area contributed by atoms with E-state index in [1.165, 1.54) is 5.56 Å². The van der Waals surface area contributed by atoms with Gasteiger partial charge in [-0.2, -0.15) is 0 Å². The number of hydrogen-bond acceptors (Lipinski definition) is 4. The third-order valence-corrected chi connectivity index (χ3v) is 5.34. The standard InChI is InChI=1S/C22H27NO3/c1-2-6-21-22(25-15-13-23(21)14-16-26-22)19-9-11-20(12-10-19)24-17-18-7-4-3-5-8-18/h3-5,7-12,21H,2,6,13-17H2,1H3. The Morgan fingerprint density at radius 2 is 1.69 bits per heavy atom. The SMILES string of the molecule is CCCC1N2CCOC1(c1ccc(OCc3ccccc3)cc1)OCC2. The number of fused-ring (bicyclic) bond motifs is 2. The van der Waals surface area contributed by atoms with E-state index in [1.807, 2.05) is 30.3 Å². The Morgan fingerprint density at radius 1 is 1.00 bits per heavy atom. The van der Waals surface area contributed by atoms with E-state index < -0.39 is 5.79 Å². The van der Waals surface area contributed by atoms with Gasteiger partial charge in [-0.15, -0.1) is 0 Å². The van der Waals surface area contributed by atoms with Gasteiger partial charge >= 0.3 is 0 Å². The number of nitrogens with zero attached hydrogens (tertiary/aromatic N) is 1. The van der Waals surface area contributed by atoms with Gasteiger partial charge in [0.15, 0.2) is 0 Å². The van der Waals surface area contributed by atoms with Crippen molar-refractivity contribution in [1.29, 1.82) is 0 Å². The van der Waals surface area contributed by atoms with Crippen LogP contribution in [0.25, 0.3) is 0 Å². The lowest BCUT2D eigenvalue weighted by atomic mass is 9.90. The summed E-state index contributed by atoms with van der Waals surface area (Å²) in [5.74, 6) is 0.231. The molecule has 2 aromatic carbocycles. The van der Waals surface area contributed by atoms with Crippen molar-refractivity contribution in [2.45, 2.75) is 38.2 Å². The molecule has 0 radical (unpaired) electrons. The molecular weight excluding hydrogens is 326 g/mol. The molecule has 4 nitrogen and oxygen atoms in total. The average molecular weight is 353 g/mol. The molecule has 26 heavy (non-hydrogen) atoms. The molecule has 2 aliphatic heterocycles. The highest BCUT2D eigenvalue weighted by Crippen LogP contribution is 2.41. The molecule has 0 amide bonds. The Balaban J connectivity index is 1.51. The van der Waals surface area contributed by atoms with Crippen LogP contribution in [0.3, 0.4) is 0 Å². The van der Waals surface area contributed by atoms with Crippen molar-refractivity contribution >= 4 is 0 Å². The van der Waals surface area contributed by atoms with Crippen molar-refractivity contribution in [3.8, 4) is 5.75 Å². The number of rotatable bonds is 6. The molecule has 0 aliphatic carbocycles. The van der Waals surface area contributed by atoms with E-state index in [0.717, 1.165) is 37.2 Å². The first kappa shape index (κ1) is 17.5. The van der Waals surface area contributed by atoms with Gasteiger partial charge in [-0.25, -0.2) is 0 Å². The molecule has 2 bridgehead atoms. The van der Waals surface area contributed by atoms with Crippen LogP contribution < -0.4 is 4.74 Å². The second-order valence-corrected chi connectivity index (χ2v) is 7.00. The predicted octanol–water partition coefficient (Wildman–Crippen LogP) is 3.95. The van der Waals surface area contributed by atoms with Gasteiger partial charge < -0.3 is 14.2 Å². The van der Waals surface area contributed by atoms with Gasteiger partial charge in [-0.1, -0.05) is 43.7 Å². The minimum absolute atomic E-state index is 0.283. The van der Waals surface area contributed by atoms with E-state index in [2.05, 4.69) is 36.1 Å². The average Bonchev–Trinajstić information content (AvgIpc) is 2.68. The molecule has 0 spiro atoms. The third-order valence-electron chi connectivity index (χ3n) is 5.34. The smallest absolute Gasteiger partial charge is 0.211 e. The maximum absolute atomic E-state index is 6.25. The fourth-order valence-corrected chi connectivity index (χ4v) is 4.06. The molecule has 1 unspecified atom stereocenters. The topological polar surface area (TPSA) is 30.9 Å². The highest BCUT2D eigenvalue weighted by molar-refractivity contribution is 5.32. The van der Waals surface area contributed by atoms with Crippen LogP contribution in [0.5, 0.6) is 5.75 Å². The third kappa shape index (κ3) is 3.37. The molecule has 0 saturated carbocycles. The molecule has 1 atom stereocenters. The van der Waals surface area contributed by atoms with E-state index in [-0.39, 0.29) is 6.04 Å². The Kier molecular flexibility index (Phi) is 5.25. The molecule has 4 heteroatoms. The normalized spacial score (nSPS) is 27.9. The van der Waals surface area contributed by atoms with Crippen molar-refractivity contribution in [3.63, 3.8) is 0 Å². The van der Waals surface area contributed by atoms with Crippen molar-refractivity contribution < 1.29 is 14.2 Å². The summed E-state index contributed by atoms with van der Waals surface area (Å²) in [6.07, 6.45) is 2.19. The van der Waals surface area contributed by atoms with Crippen LogP contribution in [-0.2, 0) is 21.9 Å². The summed E-state index contributed by atoms with van der Waals surface area (Å²) in [7, 11) is 0.